The number of aromatic nitrogens is 3. The fraction of sp³-hybridized carbons (Fsp3) is 0.200. The van der Waals surface area contributed by atoms with Gasteiger partial charge in [0.1, 0.15) is 12.7 Å². The van der Waals surface area contributed by atoms with Crippen LogP contribution in [-0.2, 0) is 6.54 Å². The zero-order chi connectivity index (χ0) is 11.5. The number of alkyl halides is 1. The molecule has 0 saturated carbocycles. The van der Waals surface area contributed by atoms with Crippen molar-refractivity contribution < 1.29 is 0 Å². The van der Waals surface area contributed by atoms with Gasteiger partial charge in [0.25, 0.3) is 0 Å². The lowest BCUT2D eigenvalue weighted by molar-refractivity contribution is 0.610. The predicted molar refractivity (Wildman–Crippen MR) is 68.2 cm³/mol. The lowest BCUT2D eigenvalue weighted by atomic mass is 10.1. The molecule has 0 bridgehead atoms. The van der Waals surface area contributed by atoms with Crippen LogP contribution in [0.25, 0.3) is 0 Å². The van der Waals surface area contributed by atoms with Crippen LogP contribution in [-0.4, -0.2) is 14.8 Å². The van der Waals surface area contributed by atoms with Crippen LogP contribution >= 0.6 is 39.1 Å². The minimum atomic E-state index is 0.0824. The molecule has 1 unspecified atom stereocenters. The van der Waals surface area contributed by atoms with Crippen molar-refractivity contribution in [3.05, 3.63) is 46.5 Å². The molecule has 6 heteroatoms. The van der Waals surface area contributed by atoms with Crippen molar-refractivity contribution in [2.75, 3.05) is 0 Å². The lowest BCUT2D eigenvalue weighted by Crippen LogP contribution is -2.04. The molecule has 1 atom stereocenters. The number of rotatable bonds is 3. The first-order chi connectivity index (χ1) is 7.66. The molecule has 0 saturated heterocycles. The molecule has 2 aromatic rings. The largest absolute Gasteiger partial charge is 0.252 e. The van der Waals surface area contributed by atoms with Crippen molar-refractivity contribution in [1.29, 1.82) is 0 Å². The highest BCUT2D eigenvalue weighted by Gasteiger charge is 2.12. The van der Waals surface area contributed by atoms with Crippen molar-refractivity contribution >= 4 is 39.1 Å². The van der Waals surface area contributed by atoms with Crippen LogP contribution in [0.3, 0.4) is 0 Å². The van der Waals surface area contributed by atoms with Gasteiger partial charge >= 0.3 is 0 Å². The van der Waals surface area contributed by atoms with E-state index in [9.17, 15) is 0 Å². The topological polar surface area (TPSA) is 30.7 Å². The number of hydrogen-bond acceptors (Lipinski definition) is 2. The summed E-state index contributed by atoms with van der Waals surface area (Å²) in [5, 5.41) is 5.32. The van der Waals surface area contributed by atoms with Gasteiger partial charge in [0.2, 0.25) is 0 Å². The normalized spacial score (nSPS) is 12.7. The molecule has 0 fully saturated rings. The summed E-state index contributed by atoms with van der Waals surface area (Å²) in [5.41, 5.74) is 0.988. The van der Waals surface area contributed by atoms with Crippen LogP contribution in [0.1, 0.15) is 10.4 Å². The highest BCUT2D eigenvalue weighted by Crippen LogP contribution is 2.32. The van der Waals surface area contributed by atoms with Crippen LogP contribution in [0.5, 0.6) is 0 Å². The standard InChI is InChI=1S/C10H8BrCl2N3/c11-9(4-16-6-14-5-15-16)8-2-1-7(12)3-10(8)13/h1-3,5-6,9H,4H2. The Morgan fingerprint density at radius 2 is 2.19 bits per heavy atom. The van der Waals surface area contributed by atoms with E-state index in [0.29, 0.717) is 16.6 Å². The van der Waals surface area contributed by atoms with Crippen LogP contribution < -0.4 is 0 Å². The summed E-state index contributed by atoms with van der Waals surface area (Å²) in [4.78, 5) is 3.96. The van der Waals surface area contributed by atoms with Crippen LogP contribution in [0, 0.1) is 0 Å². The van der Waals surface area contributed by atoms with Gasteiger partial charge in [0.15, 0.2) is 0 Å². The lowest BCUT2D eigenvalue weighted by Gasteiger charge is -2.11. The number of nitrogens with zero attached hydrogens (tertiary/aromatic N) is 3. The molecule has 0 amide bonds. The molecule has 0 radical (unpaired) electrons. The molecule has 2 rings (SSSR count). The zero-order valence-corrected chi connectivity index (χ0v) is 11.2. The third kappa shape index (κ3) is 2.75. The van der Waals surface area contributed by atoms with Gasteiger partial charge in [-0.15, -0.1) is 0 Å². The third-order valence-electron chi connectivity index (χ3n) is 2.11. The summed E-state index contributed by atoms with van der Waals surface area (Å²) < 4.78 is 1.74. The Kier molecular flexibility index (Phi) is 3.84. The molecular weight excluding hydrogens is 313 g/mol. The summed E-state index contributed by atoms with van der Waals surface area (Å²) in [7, 11) is 0. The molecule has 1 heterocycles. The molecule has 16 heavy (non-hydrogen) atoms. The van der Waals surface area contributed by atoms with E-state index in [4.69, 9.17) is 23.2 Å². The first-order valence-corrected chi connectivity index (χ1v) is 6.25. The van der Waals surface area contributed by atoms with E-state index in [-0.39, 0.29) is 4.83 Å². The molecule has 0 spiro atoms. The quantitative estimate of drug-likeness (QED) is 0.807. The van der Waals surface area contributed by atoms with Gasteiger partial charge in [-0.3, -0.25) is 4.68 Å². The Hall–Kier alpha value is -0.580. The second-order valence-electron chi connectivity index (χ2n) is 3.25. The van der Waals surface area contributed by atoms with E-state index in [1.54, 1.807) is 17.1 Å². The summed E-state index contributed by atoms with van der Waals surface area (Å²) >= 11 is 15.5. The van der Waals surface area contributed by atoms with Crippen LogP contribution in [0.15, 0.2) is 30.9 Å². The predicted octanol–water partition coefficient (Wildman–Crippen LogP) is 3.72. The Morgan fingerprint density at radius 3 is 2.81 bits per heavy atom. The maximum absolute atomic E-state index is 6.10. The Balaban J connectivity index is 2.17. The van der Waals surface area contributed by atoms with Crippen LogP contribution in [0.2, 0.25) is 10.0 Å². The van der Waals surface area contributed by atoms with E-state index in [1.807, 2.05) is 12.1 Å². The second-order valence-corrected chi connectivity index (χ2v) is 5.20. The Morgan fingerprint density at radius 1 is 1.38 bits per heavy atom. The van der Waals surface area contributed by atoms with Gasteiger partial charge in [0, 0.05) is 10.0 Å². The highest BCUT2D eigenvalue weighted by molar-refractivity contribution is 9.09. The highest BCUT2D eigenvalue weighted by atomic mass is 79.9. The second kappa shape index (κ2) is 5.17. The van der Waals surface area contributed by atoms with Crippen LogP contribution in [0.4, 0.5) is 0 Å². The van der Waals surface area contributed by atoms with Crippen molar-refractivity contribution in [2.45, 2.75) is 11.4 Å². The van der Waals surface area contributed by atoms with Crippen molar-refractivity contribution in [1.82, 2.24) is 14.8 Å². The molecule has 3 nitrogen and oxygen atoms in total. The summed E-state index contributed by atoms with van der Waals surface area (Å²) in [6.07, 6.45) is 3.17. The summed E-state index contributed by atoms with van der Waals surface area (Å²) in [6.45, 7) is 0.668. The number of benzene rings is 1. The minimum Gasteiger partial charge on any atom is -0.252 e. The van der Waals surface area contributed by atoms with E-state index < -0.39 is 0 Å². The molecular formula is C10H8BrCl2N3. The van der Waals surface area contributed by atoms with Crippen molar-refractivity contribution in [3.8, 4) is 0 Å². The summed E-state index contributed by atoms with van der Waals surface area (Å²) in [6, 6.07) is 5.45. The monoisotopic (exact) mass is 319 g/mol. The molecule has 84 valence electrons. The first-order valence-electron chi connectivity index (χ1n) is 4.58. The molecule has 1 aromatic heterocycles. The van der Waals surface area contributed by atoms with E-state index >= 15 is 0 Å². The molecule has 0 aliphatic heterocycles. The molecule has 0 aliphatic rings. The van der Waals surface area contributed by atoms with Crippen molar-refractivity contribution in [2.24, 2.45) is 0 Å². The van der Waals surface area contributed by atoms with Gasteiger partial charge in [-0.2, -0.15) is 5.10 Å². The average molecular weight is 321 g/mol. The van der Waals surface area contributed by atoms with Gasteiger partial charge in [-0.05, 0) is 17.7 Å². The third-order valence-corrected chi connectivity index (χ3v) is 3.46. The average Bonchev–Trinajstić information content (AvgIpc) is 2.70. The molecule has 0 aliphatic carbocycles. The molecule has 0 N–H and O–H groups in total. The fourth-order valence-electron chi connectivity index (χ4n) is 1.35. The fourth-order valence-corrected chi connectivity index (χ4v) is 2.71. The maximum Gasteiger partial charge on any atom is 0.137 e. The van der Waals surface area contributed by atoms with E-state index in [2.05, 4.69) is 26.0 Å². The SMILES string of the molecule is Clc1ccc(C(Br)Cn2cncn2)c(Cl)c1. The van der Waals surface area contributed by atoms with Crippen molar-refractivity contribution in [3.63, 3.8) is 0 Å². The van der Waals surface area contributed by atoms with Gasteiger partial charge in [-0.1, -0.05) is 45.2 Å². The Labute approximate surface area is 112 Å². The van der Waals surface area contributed by atoms with Gasteiger partial charge in [-0.25, -0.2) is 4.98 Å². The summed E-state index contributed by atoms with van der Waals surface area (Å²) in [5.74, 6) is 0. The molecule has 1 aromatic carbocycles. The van der Waals surface area contributed by atoms with E-state index in [0.717, 1.165) is 5.56 Å². The minimum absolute atomic E-state index is 0.0824. The smallest absolute Gasteiger partial charge is 0.137 e. The van der Waals surface area contributed by atoms with Gasteiger partial charge < -0.3 is 0 Å². The first kappa shape index (κ1) is 11.9. The van der Waals surface area contributed by atoms with E-state index in [1.165, 1.54) is 6.33 Å². The number of halogens is 3. The Bertz CT molecular complexity index is 473. The number of hydrogen-bond donors (Lipinski definition) is 0. The maximum atomic E-state index is 6.10. The van der Waals surface area contributed by atoms with Gasteiger partial charge in [0.05, 0.1) is 11.4 Å². The zero-order valence-electron chi connectivity index (χ0n) is 8.15.